The number of amides is 1. The third-order valence-electron chi connectivity index (χ3n) is 3.89. The fourth-order valence-electron chi connectivity index (χ4n) is 2.60. The number of hydrogen-bond acceptors (Lipinski definition) is 4. The quantitative estimate of drug-likeness (QED) is 0.453. The summed E-state index contributed by atoms with van der Waals surface area (Å²) in [6, 6.07) is 6.95. The van der Waals surface area contributed by atoms with Crippen LogP contribution >= 0.6 is 0 Å². The maximum atomic E-state index is 12.1. The monoisotopic (exact) mass is 299 g/mol. The Bertz CT molecular complexity index is 611. The highest BCUT2D eigenvalue weighted by Crippen LogP contribution is 2.21. The van der Waals surface area contributed by atoms with E-state index in [-0.39, 0.29) is 11.3 Å². The predicted molar refractivity (Wildman–Crippen MR) is 85.2 cm³/mol. The molecule has 0 spiro atoms. The zero-order valence-corrected chi connectivity index (χ0v) is 12.7. The Labute approximate surface area is 130 Å². The summed E-state index contributed by atoms with van der Waals surface area (Å²) in [6.45, 7) is 1.78. The third kappa shape index (κ3) is 4.26. The first-order chi connectivity index (χ1) is 10.6. The van der Waals surface area contributed by atoms with E-state index >= 15 is 0 Å². The molecule has 1 aromatic rings. The van der Waals surface area contributed by atoms with Crippen LogP contribution in [0, 0.1) is 18.3 Å². The maximum absolute atomic E-state index is 12.1. The van der Waals surface area contributed by atoms with Crippen LogP contribution in [-0.4, -0.2) is 17.1 Å². The van der Waals surface area contributed by atoms with Crippen LogP contribution in [0.3, 0.4) is 0 Å². The van der Waals surface area contributed by atoms with Crippen molar-refractivity contribution in [2.45, 2.75) is 45.1 Å². The average Bonchev–Trinajstić information content (AvgIpc) is 2.52. The third-order valence-corrected chi connectivity index (χ3v) is 3.89. The van der Waals surface area contributed by atoms with Gasteiger partial charge in [0.25, 0.3) is 5.91 Å². The Morgan fingerprint density at radius 1 is 1.36 bits per heavy atom. The van der Waals surface area contributed by atoms with Crippen molar-refractivity contribution in [2.24, 2.45) is 0 Å². The Morgan fingerprint density at radius 2 is 2.09 bits per heavy atom. The number of carbonyl (C=O) groups is 1. The summed E-state index contributed by atoms with van der Waals surface area (Å²) in [5, 5.41) is 24.4. The molecule has 1 aliphatic carbocycles. The van der Waals surface area contributed by atoms with Gasteiger partial charge in [-0.3, -0.25) is 4.79 Å². The fourth-order valence-corrected chi connectivity index (χ4v) is 2.60. The second-order valence-corrected chi connectivity index (χ2v) is 5.62. The van der Waals surface area contributed by atoms with Gasteiger partial charge in [-0.1, -0.05) is 19.3 Å². The zero-order valence-electron chi connectivity index (χ0n) is 12.7. The Balaban J connectivity index is 2.00. The molecule has 3 N–H and O–H groups in total. The summed E-state index contributed by atoms with van der Waals surface area (Å²) >= 11 is 0. The number of hydrogen-bond donors (Lipinski definition) is 3. The standard InChI is InChI=1S/C17H21N3O2/c1-12-9-15(21)7-8-16(12)20-17(22)13(10-18)11-19-14-5-3-2-4-6-14/h7-9,11,14,19,21H,2-6H2,1H3,(H,20,22)/b13-11-. The molecule has 0 aromatic heterocycles. The first-order valence-corrected chi connectivity index (χ1v) is 7.57. The molecule has 1 fully saturated rings. The van der Waals surface area contributed by atoms with Crippen molar-refractivity contribution in [3.05, 3.63) is 35.5 Å². The first kappa shape index (κ1) is 15.9. The molecular formula is C17H21N3O2. The number of nitrogens with zero attached hydrogens (tertiary/aromatic N) is 1. The largest absolute Gasteiger partial charge is 0.508 e. The van der Waals surface area contributed by atoms with Gasteiger partial charge in [0.15, 0.2) is 0 Å². The van der Waals surface area contributed by atoms with Crippen molar-refractivity contribution in [1.82, 2.24) is 5.32 Å². The van der Waals surface area contributed by atoms with Gasteiger partial charge < -0.3 is 15.7 Å². The lowest BCUT2D eigenvalue weighted by Gasteiger charge is -2.21. The van der Waals surface area contributed by atoms with E-state index in [4.69, 9.17) is 5.26 Å². The number of nitriles is 1. The van der Waals surface area contributed by atoms with Crippen LogP contribution in [0.1, 0.15) is 37.7 Å². The van der Waals surface area contributed by atoms with Gasteiger partial charge in [-0.05, 0) is 43.5 Å². The molecule has 0 heterocycles. The number of rotatable bonds is 4. The number of aryl methyl sites for hydroxylation is 1. The second-order valence-electron chi connectivity index (χ2n) is 5.62. The van der Waals surface area contributed by atoms with Crippen molar-refractivity contribution >= 4 is 11.6 Å². The van der Waals surface area contributed by atoms with Gasteiger partial charge in [-0.2, -0.15) is 5.26 Å². The van der Waals surface area contributed by atoms with Gasteiger partial charge in [0.2, 0.25) is 0 Å². The lowest BCUT2D eigenvalue weighted by Crippen LogP contribution is -2.28. The normalized spacial score (nSPS) is 15.9. The maximum Gasteiger partial charge on any atom is 0.267 e. The van der Waals surface area contributed by atoms with E-state index in [2.05, 4.69) is 10.6 Å². The van der Waals surface area contributed by atoms with Gasteiger partial charge >= 0.3 is 0 Å². The Hall–Kier alpha value is -2.48. The molecule has 1 aliphatic rings. The van der Waals surface area contributed by atoms with E-state index in [9.17, 15) is 9.90 Å². The summed E-state index contributed by atoms with van der Waals surface area (Å²) in [5.41, 5.74) is 1.38. The van der Waals surface area contributed by atoms with Crippen LogP contribution < -0.4 is 10.6 Å². The molecule has 0 radical (unpaired) electrons. The number of anilines is 1. The van der Waals surface area contributed by atoms with Crippen molar-refractivity contribution in [2.75, 3.05) is 5.32 Å². The van der Waals surface area contributed by atoms with E-state index in [1.807, 2.05) is 6.07 Å². The van der Waals surface area contributed by atoms with Crippen LogP contribution in [0.25, 0.3) is 0 Å². The molecule has 0 saturated heterocycles. The Kier molecular flexibility index (Phi) is 5.42. The highest BCUT2D eigenvalue weighted by atomic mass is 16.3. The summed E-state index contributed by atoms with van der Waals surface area (Å²) in [7, 11) is 0. The molecule has 22 heavy (non-hydrogen) atoms. The van der Waals surface area contributed by atoms with Crippen LogP contribution in [0.5, 0.6) is 5.75 Å². The topological polar surface area (TPSA) is 85.2 Å². The minimum atomic E-state index is -0.445. The second kappa shape index (κ2) is 7.51. The molecule has 116 valence electrons. The molecular weight excluding hydrogens is 278 g/mol. The molecule has 0 aliphatic heterocycles. The van der Waals surface area contributed by atoms with E-state index in [0.717, 1.165) is 18.4 Å². The molecule has 5 nitrogen and oxygen atoms in total. The van der Waals surface area contributed by atoms with E-state index in [0.29, 0.717) is 11.7 Å². The minimum absolute atomic E-state index is 0.0537. The van der Waals surface area contributed by atoms with Crippen molar-refractivity contribution in [3.8, 4) is 11.8 Å². The van der Waals surface area contributed by atoms with E-state index < -0.39 is 5.91 Å². The molecule has 5 heteroatoms. The van der Waals surface area contributed by atoms with Crippen LogP contribution in [0.15, 0.2) is 30.0 Å². The molecule has 2 rings (SSSR count). The highest BCUT2D eigenvalue weighted by Gasteiger charge is 2.14. The highest BCUT2D eigenvalue weighted by molar-refractivity contribution is 6.06. The SMILES string of the molecule is Cc1cc(O)ccc1NC(=O)/C(C#N)=C\NC1CCCCC1. The molecule has 1 amide bonds. The number of aromatic hydroxyl groups is 1. The van der Waals surface area contributed by atoms with Crippen molar-refractivity contribution in [1.29, 1.82) is 5.26 Å². The molecule has 1 saturated carbocycles. The van der Waals surface area contributed by atoms with Crippen LogP contribution in [0.4, 0.5) is 5.69 Å². The van der Waals surface area contributed by atoms with Gasteiger partial charge in [0.1, 0.15) is 17.4 Å². The smallest absolute Gasteiger partial charge is 0.267 e. The van der Waals surface area contributed by atoms with E-state index in [1.165, 1.54) is 31.5 Å². The fraction of sp³-hybridized carbons (Fsp3) is 0.412. The van der Waals surface area contributed by atoms with Crippen LogP contribution in [0.2, 0.25) is 0 Å². The lowest BCUT2D eigenvalue weighted by atomic mass is 9.96. The number of phenols is 1. The van der Waals surface area contributed by atoms with Crippen molar-refractivity contribution in [3.63, 3.8) is 0 Å². The molecule has 0 atom stereocenters. The molecule has 0 bridgehead atoms. The van der Waals surface area contributed by atoms with Gasteiger partial charge in [0.05, 0.1) is 0 Å². The van der Waals surface area contributed by atoms with E-state index in [1.54, 1.807) is 19.1 Å². The Morgan fingerprint density at radius 3 is 2.73 bits per heavy atom. The summed E-state index contributed by atoms with van der Waals surface area (Å²) in [6.07, 6.45) is 7.30. The van der Waals surface area contributed by atoms with Crippen LogP contribution in [-0.2, 0) is 4.79 Å². The summed E-state index contributed by atoms with van der Waals surface area (Å²) in [4.78, 5) is 12.1. The first-order valence-electron chi connectivity index (χ1n) is 7.57. The number of phenolic OH excluding ortho intramolecular Hbond substituents is 1. The summed E-state index contributed by atoms with van der Waals surface area (Å²) in [5.74, 6) is -0.301. The van der Waals surface area contributed by atoms with Crippen molar-refractivity contribution < 1.29 is 9.90 Å². The van der Waals surface area contributed by atoms with Gasteiger partial charge in [-0.15, -0.1) is 0 Å². The number of carbonyl (C=O) groups excluding carboxylic acids is 1. The molecule has 1 aromatic carbocycles. The summed E-state index contributed by atoms with van der Waals surface area (Å²) < 4.78 is 0. The average molecular weight is 299 g/mol. The number of benzene rings is 1. The molecule has 0 unspecified atom stereocenters. The van der Waals surface area contributed by atoms with Gasteiger partial charge in [0, 0.05) is 17.9 Å². The predicted octanol–water partition coefficient (Wildman–Crippen LogP) is 2.97. The van der Waals surface area contributed by atoms with Gasteiger partial charge in [-0.25, -0.2) is 0 Å². The lowest BCUT2D eigenvalue weighted by molar-refractivity contribution is -0.112. The zero-order chi connectivity index (χ0) is 15.9. The number of nitrogens with one attached hydrogen (secondary N) is 2. The minimum Gasteiger partial charge on any atom is -0.508 e.